The number of hydrogen-bond acceptors (Lipinski definition) is 4. The first kappa shape index (κ1) is 17.8. The van der Waals surface area contributed by atoms with Crippen molar-refractivity contribution in [3.63, 3.8) is 0 Å². The number of rotatable bonds is 5. The summed E-state index contributed by atoms with van der Waals surface area (Å²) in [6, 6.07) is 15.1. The molecule has 1 heterocycles. The summed E-state index contributed by atoms with van der Waals surface area (Å²) in [5.41, 5.74) is 4.37. The number of nitrogens with one attached hydrogen (secondary N) is 2. The van der Waals surface area contributed by atoms with Crippen molar-refractivity contribution in [2.75, 3.05) is 10.6 Å². The van der Waals surface area contributed by atoms with Crippen molar-refractivity contribution >= 4 is 34.5 Å². The topological polar surface area (TPSA) is 71.1 Å². The first-order valence-corrected chi connectivity index (χ1v) is 9.06. The van der Waals surface area contributed by atoms with E-state index in [0.717, 1.165) is 16.3 Å². The minimum Gasteiger partial charge on any atom is -0.326 e. The zero-order valence-corrected chi connectivity index (χ0v) is 15.4. The molecule has 0 aliphatic rings. The third-order valence-electron chi connectivity index (χ3n) is 3.65. The zero-order valence-electron chi connectivity index (χ0n) is 14.6. The number of aryl methyl sites for hydroxylation is 1. The molecule has 0 radical (unpaired) electrons. The van der Waals surface area contributed by atoms with Gasteiger partial charge in [-0.05, 0) is 37.3 Å². The molecule has 0 saturated carbocycles. The summed E-state index contributed by atoms with van der Waals surface area (Å²) in [6.45, 7) is 3.50. The normalized spacial score (nSPS) is 10.4. The molecule has 0 aliphatic heterocycles. The van der Waals surface area contributed by atoms with Crippen molar-refractivity contribution in [1.29, 1.82) is 0 Å². The summed E-state index contributed by atoms with van der Waals surface area (Å²) >= 11 is 1.54. The molecule has 0 saturated heterocycles. The average Bonchev–Trinajstić information content (AvgIpc) is 3.04. The average molecular weight is 365 g/mol. The highest BCUT2D eigenvalue weighted by Gasteiger charge is 2.10. The van der Waals surface area contributed by atoms with Gasteiger partial charge in [-0.3, -0.25) is 9.59 Å². The molecule has 2 aromatic carbocycles. The lowest BCUT2D eigenvalue weighted by molar-refractivity contribution is -0.116. The summed E-state index contributed by atoms with van der Waals surface area (Å²) in [6.07, 6.45) is 0.218. The van der Waals surface area contributed by atoms with Crippen LogP contribution in [-0.2, 0) is 16.0 Å². The van der Waals surface area contributed by atoms with Crippen LogP contribution in [0.25, 0.3) is 10.6 Å². The molecular weight excluding hydrogens is 346 g/mol. The fraction of sp³-hybridized carbons (Fsp3) is 0.150. The number of carbonyl (C=O) groups excluding carboxylic acids is 2. The molecule has 0 atom stereocenters. The molecule has 132 valence electrons. The van der Waals surface area contributed by atoms with Crippen molar-refractivity contribution in [3.05, 3.63) is 65.2 Å². The fourth-order valence-electron chi connectivity index (χ4n) is 2.51. The van der Waals surface area contributed by atoms with Crippen molar-refractivity contribution in [3.8, 4) is 10.6 Å². The maximum absolute atomic E-state index is 12.2. The lowest BCUT2D eigenvalue weighted by Crippen LogP contribution is -2.14. The Bertz CT molecular complexity index is 932. The molecule has 1 aromatic heterocycles. The Kier molecular flexibility index (Phi) is 5.43. The van der Waals surface area contributed by atoms with Crippen LogP contribution in [0.4, 0.5) is 11.4 Å². The number of benzene rings is 2. The van der Waals surface area contributed by atoms with Crippen LogP contribution in [0.1, 0.15) is 18.2 Å². The van der Waals surface area contributed by atoms with Crippen LogP contribution in [0.2, 0.25) is 0 Å². The number of aromatic nitrogens is 1. The fourth-order valence-corrected chi connectivity index (χ4v) is 3.33. The second-order valence-corrected chi connectivity index (χ2v) is 6.86. The van der Waals surface area contributed by atoms with E-state index in [1.54, 1.807) is 24.3 Å². The van der Waals surface area contributed by atoms with Crippen molar-refractivity contribution < 1.29 is 9.59 Å². The van der Waals surface area contributed by atoms with Gasteiger partial charge in [-0.1, -0.05) is 23.8 Å². The predicted molar refractivity (Wildman–Crippen MR) is 105 cm³/mol. The van der Waals surface area contributed by atoms with Crippen LogP contribution in [-0.4, -0.2) is 16.8 Å². The Labute approximate surface area is 156 Å². The Morgan fingerprint density at radius 1 is 1.04 bits per heavy atom. The molecule has 0 unspecified atom stereocenters. The standard InChI is InChI=1S/C20H19N3O2S/c1-13-4-3-5-15(10-13)20-23-18(12-26-20)11-19(25)22-17-8-6-16(7-9-17)21-14(2)24/h3-10,12H,11H2,1-2H3,(H,21,24)(H,22,25). The lowest BCUT2D eigenvalue weighted by atomic mass is 10.1. The molecule has 2 amide bonds. The molecule has 3 rings (SSSR count). The van der Waals surface area contributed by atoms with Gasteiger partial charge in [0.1, 0.15) is 5.01 Å². The molecule has 3 aromatic rings. The highest BCUT2D eigenvalue weighted by Crippen LogP contribution is 2.24. The third kappa shape index (κ3) is 4.77. The number of hydrogen-bond donors (Lipinski definition) is 2. The van der Waals surface area contributed by atoms with Crippen LogP contribution >= 0.6 is 11.3 Å². The predicted octanol–water partition coefficient (Wildman–Crippen LogP) is 4.26. The Hall–Kier alpha value is -2.99. The van der Waals surface area contributed by atoms with Gasteiger partial charge in [0, 0.05) is 29.2 Å². The molecule has 0 aliphatic carbocycles. The van der Waals surface area contributed by atoms with E-state index in [0.29, 0.717) is 11.4 Å². The monoisotopic (exact) mass is 365 g/mol. The van der Waals surface area contributed by atoms with E-state index in [1.807, 2.05) is 30.5 Å². The Morgan fingerprint density at radius 2 is 1.73 bits per heavy atom. The molecule has 2 N–H and O–H groups in total. The van der Waals surface area contributed by atoms with Gasteiger partial charge in [0.2, 0.25) is 11.8 Å². The van der Waals surface area contributed by atoms with E-state index in [9.17, 15) is 9.59 Å². The molecule has 6 heteroatoms. The summed E-state index contributed by atoms with van der Waals surface area (Å²) in [5, 5.41) is 8.36. The number of carbonyl (C=O) groups is 2. The second kappa shape index (κ2) is 7.93. The minimum atomic E-state index is -0.130. The summed E-state index contributed by atoms with van der Waals surface area (Å²) in [4.78, 5) is 27.8. The van der Waals surface area contributed by atoms with Gasteiger partial charge in [0.15, 0.2) is 0 Å². The number of amides is 2. The first-order valence-electron chi connectivity index (χ1n) is 8.18. The lowest BCUT2D eigenvalue weighted by Gasteiger charge is -2.06. The number of nitrogens with zero attached hydrogens (tertiary/aromatic N) is 1. The molecule has 5 nitrogen and oxygen atoms in total. The highest BCUT2D eigenvalue weighted by molar-refractivity contribution is 7.13. The largest absolute Gasteiger partial charge is 0.326 e. The van der Waals surface area contributed by atoms with Crippen molar-refractivity contribution in [2.24, 2.45) is 0 Å². The quantitative estimate of drug-likeness (QED) is 0.710. The smallest absolute Gasteiger partial charge is 0.230 e. The van der Waals surface area contributed by atoms with Gasteiger partial charge in [-0.15, -0.1) is 11.3 Å². The van der Waals surface area contributed by atoms with E-state index in [2.05, 4.69) is 21.7 Å². The SMILES string of the molecule is CC(=O)Nc1ccc(NC(=O)Cc2csc(-c3cccc(C)c3)n2)cc1. The summed E-state index contributed by atoms with van der Waals surface area (Å²) < 4.78 is 0. The maximum Gasteiger partial charge on any atom is 0.230 e. The summed E-state index contributed by atoms with van der Waals surface area (Å²) in [5.74, 6) is -0.256. The van der Waals surface area contributed by atoms with Crippen LogP contribution < -0.4 is 10.6 Å². The molecule has 26 heavy (non-hydrogen) atoms. The van der Waals surface area contributed by atoms with Crippen LogP contribution in [0, 0.1) is 6.92 Å². The minimum absolute atomic E-state index is 0.127. The summed E-state index contributed by atoms with van der Waals surface area (Å²) in [7, 11) is 0. The van der Waals surface area contributed by atoms with E-state index in [4.69, 9.17) is 0 Å². The number of thiazole rings is 1. The van der Waals surface area contributed by atoms with Crippen molar-refractivity contribution in [1.82, 2.24) is 4.98 Å². The van der Waals surface area contributed by atoms with Crippen LogP contribution in [0.5, 0.6) is 0 Å². The zero-order chi connectivity index (χ0) is 18.5. The van der Waals surface area contributed by atoms with E-state index in [1.165, 1.54) is 23.8 Å². The molecule has 0 spiro atoms. The van der Waals surface area contributed by atoms with Gasteiger partial charge in [0.05, 0.1) is 12.1 Å². The van der Waals surface area contributed by atoms with Gasteiger partial charge in [-0.25, -0.2) is 4.98 Å². The number of anilines is 2. The van der Waals surface area contributed by atoms with Crippen LogP contribution in [0.3, 0.4) is 0 Å². The second-order valence-electron chi connectivity index (χ2n) is 6.00. The molecular formula is C20H19N3O2S. The molecule has 0 fully saturated rings. The Morgan fingerprint density at radius 3 is 2.38 bits per heavy atom. The Balaban J connectivity index is 1.61. The van der Waals surface area contributed by atoms with Gasteiger partial charge < -0.3 is 10.6 Å². The van der Waals surface area contributed by atoms with Gasteiger partial charge in [-0.2, -0.15) is 0 Å². The van der Waals surface area contributed by atoms with E-state index >= 15 is 0 Å². The third-order valence-corrected chi connectivity index (χ3v) is 4.59. The van der Waals surface area contributed by atoms with Gasteiger partial charge in [0.25, 0.3) is 0 Å². The van der Waals surface area contributed by atoms with E-state index in [-0.39, 0.29) is 18.2 Å². The van der Waals surface area contributed by atoms with Crippen LogP contribution in [0.15, 0.2) is 53.9 Å². The van der Waals surface area contributed by atoms with Gasteiger partial charge >= 0.3 is 0 Å². The first-order chi connectivity index (χ1) is 12.5. The molecule has 0 bridgehead atoms. The maximum atomic E-state index is 12.2. The van der Waals surface area contributed by atoms with E-state index < -0.39 is 0 Å². The van der Waals surface area contributed by atoms with Crippen molar-refractivity contribution in [2.45, 2.75) is 20.3 Å². The highest BCUT2D eigenvalue weighted by atomic mass is 32.1.